The third-order valence-corrected chi connectivity index (χ3v) is 4.98. The zero-order valence-electron chi connectivity index (χ0n) is 18.7. The van der Waals surface area contributed by atoms with Crippen LogP contribution in [0.2, 0.25) is 0 Å². The Morgan fingerprint density at radius 1 is 0.625 bits per heavy atom. The maximum atomic E-state index is 12.7. The number of nitrogens with one attached hydrogen (secondary N) is 2. The highest BCUT2D eigenvalue weighted by molar-refractivity contribution is 6.02. The summed E-state index contributed by atoms with van der Waals surface area (Å²) in [4.78, 5) is 25.4. The molecule has 3 aromatic carbocycles. The van der Waals surface area contributed by atoms with E-state index in [1.807, 2.05) is 62.4 Å². The first-order chi connectivity index (χ1) is 15.3. The fourth-order valence-electron chi connectivity index (χ4n) is 3.04. The summed E-state index contributed by atoms with van der Waals surface area (Å²) in [6, 6.07) is 22.0. The zero-order chi connectivity index (χ0) is 23.1. The molecule has 2 unspecified atom stereocenters. The van der Waals surface area contributed by atoms with E-state index in [1.165, 1.54) is 0 Å². The second-order valence-electron chi connectivity index (χ2n) is 7.58. The van der Waals surface area contributed by atoms with E-state index in [1.54, 1.807) is 38.1 Å². The molecule has 6 nitrogen and oxygen atoms in total. The van der Waals surface area contributed by atoms with Gasteiger partial charge in [-0.15, -0.1) is 0 Å². The fraction of sp³-hybridized carbons (Fsp3) is 0.231. The average molecular weight is 433 g/mol. The number of hydrogen-bond donors (Lipinski definition) is 2. The molecular formula is C26H28N2O4. The van der Waals surface area contributed by atoms with E-state index in [-0.39, 0.29) is 11.8 Å². The molecule has 2 atom stereocenters. The van der Waals surface area contributed by atoms with Gasteiger partial charge in [-0.05, 0) is 63.1 Å². The molecule has 0 aliphatic carbocycles. The highest BCUT2D eigenvalue weighted by Gasteiger charge is 2.20. The predicted molar refractivity (Wildman–Crippen MR) is 126 cm³/mol. The highest BCUT2D eigenvalue weighted by Crippen LogP contribution is 2.24. The first-order valence-corrected chi connectivity index (χ1v) is 10.5. The lowest BCUT2D eigenvalue weighted by atomic mass is 10.2. The van der Waals surface area contributed by atoms with E-state index in [9.17, 15) is 9.59 Å². The van der Waals surface area contributed by atoms with Crippen molar-refractivity contribution in [2.75, 3.05) is 10.6 Å². The van der Waals surface area contributed by atoms with Gasteiger partial charge in [0.15, 0.2) is 12.2 Å². The minimum Gasteiger partial charge on any atom is -0.481 e. The smallest absolute Gasteiger partial charge is 0.265 e. The molecule has 0 saturated heterocycles. The van der Waals surface area contributed by atoms with Crippen molar-refractivity contribution in [1.82, 2.24) is 0 Å². The molecule has 2 amide bonds. The Bertz CT molecular complexity index is 1010. The van der Waals surface area contributed by atoms with Crippen LogP contribution in [0.5, 0.6) is 11.5 Å². The lowest BCUT2D eigenvalue weighted by Crippen LogP contribution is -2.32. The highest BCUT2D eigenvalue weighted by atomic mass is 16.5. The van der Waals surface area contributed by atoms with Crippen LogP contribution in [0.15, 0.2) is 72.8 Å². The molecule has 0 spiro atoms. The van der Waals surface area contributed by atoms with Gasteiger partial charge < -0.3 is 20.1 Å². The van der Waals surface area contributed by atoms with Gasteiger partial charge in [-0.25, -0.2) is 0 Å². The quantitative estimate of drug-likeness (QED) is 0.518. The van der Waals surface area contributed by atoms with E-state index in [0.29, 0.717) is 22.9 Å². The van der Waals surface area contributed by atoms with E-state index >= 15 is 0 Å². The van der Waals surface area contributed by atoms with Crippen molar-refractivity contribution in [2.45, 2.75) is 39.9 Å². The van der Waals surface area contributed by atoms with Crippen molar-refractivity contribution >= 4 is 23.2 Å². The van der Waals surface area contributed by atoms with Crippen LogP contribution in [0.4, 0.5) is 11.4 Å². The lowest BCUT2D eigenvalue weighted by molar-refractivity contribution is -0.122. The Hall–Kier alpha value is -3.80. The number of rotatable bonds is 8. The summed E-state index contributed by atoms with van der Waals surface area (Å²) in [5.74, 6) is 0.663. The number of aryl methyl sites for hydroxylation is 2. The van der Waals surface area contributed by atoms with Crippen LogP contribution in [0.3, 0.4) is 0 Å². The summed E-state index contributed by atoms with van der Waals surface area (Å²) in [5.41, 5.74) is 2.85. The van der Waals surface area contributed by atoms with Crippen molar-refractivity contribution in [3.63, 3.8) is 0 Å². The van der Waals surface area contributed by atoms with Gasteiger partial charge in [-0.3, -0.25) is 9.59 Å². The van der Waals surface area contributed by atoms with E-state index in [0.717, 1.165) is 11.1 Å². The molecule has 3 rings (SSSR count). The van der Waals surface area contributed by atoms with Crippen LogP contribution < -0.4 is 20.1 Å². The number of carbonyl (C=O) groups is 2. The number of para-hydroxylation sites is 4. The molecule has 32 heavy (non-hydrogen) atoms. The van der Waals surface area contributed by atoms with Crippen LogP contribution in [0, 0.1) is 13.8 Å². The monoisotopic (exact) mass is 432 g/mol. The third-order valence-electron chi connectivity index (χ3n) is 4.98. The standard InChI is InChI=1S/C26H28N2O4/c1-17-11-5-9-15-23(17)31-19(3)25(29)27-21-13-7-8-14-22(21)28-26(30)20(4)32-24-16-10-6-12-18(24)2/h5-16,19-20H,1-4H3,(H,27,29)(H,28,30). The maximum absolute atomic E-state index is 12.7. The number of anilines is 2. The molecule has 0 heterocycles. The molecular weight excluding hydrogens is 404 g/mol. The molecule has 6 heteroatoms. The van der Waals surface area contributed by atoms with Crippen LogP contribution >= 0.6 is 0 Å². The number of benzene rings is 3. The van der Waals surface area contributed by atoms with Gasteiger partial charge in [-0.1, -0.05) is 48.5 Å². The first-order valence-electron chi connectivity index (χ1n) is 10.5. The molecule has 2 N–H and O–H groups in total. The number of carbonyl (C=O) groups excluding carboxylic acids is 2. The maximum Gasteiger partial charge on any atom is 0.265 e. The molecule has 166 valence electrons. The topological polar surface area (TPSA) is 76.7 Å². The molecule has 0 aliphatic heterocycles. The summed E-state index contributed by atoms with van der Waals surface area (Å²) in [7, 11) is 0. The van der Waals surface area contributed by atoms with E-state index in [4.69, 9.17) is 9.47 Å². The molecule has 0 saturated carbocycles. The summed E-state index contributed by atoms with van der Waals surface area (Å²) in [6.07, 6.45) is -1.44. The molecule has 0 bridgehead atoms. The number of ether oxygens (including phenoxy) is 2. The Kier molecular flexibility index (Phi) is 7.49. The minimum absolute atomic E-state index is 0.320. The Morgan fingerprint density at radius 2 is 0.969 bits per heavy atom. The van der Waals surface area contributed by atoms with Crippen LogP contribution in [0.1, 0.15) is 25.0 Å². The van der Waals surface area contributed by atoms with Crippen molar-refractivity contribution in [2.24, 2.45) is 0 Å². The Balaban J connectivity index is 1.65. The largest absolute Gasteiger partial charge is 0.481 e. The normalized spacial score (nSPS) is 12.4. The van der Waals surface area contributed by atoms with Gasteiger partial charge >= 0.3 is 0 Å². The second kappa shape index (κ2) is 10.5. The van der Waals surface area contributed by atoms with Gasteiger partial charge in [-0.2, -0.15) is 0 Å². The van der Waals surface area contributed by atoms with Gasteiger partial charge in [0.25, 0.3) is 11.8 Å². The van der Waals surface area contributed by atoms with Crippen LogP contribution in [-0.2, 0) is 9.59 Å². The molecule has 0 aromatic heterocycles. The first kappa shape index (κ1) is 22.9. The summed E-state index contributed by atoms with van der Waals surface area (Å²) < 4.78 is 11.6. The van der Waals surface area contributed by atoms with Crippen molar-refractivity contribution in [1.29, 1.82) is 0 Å². The van der Waals surface area contributed by atoms with E-state index in [2.05, 4.69) is 10.6 Å². The minimum atomic E-state index is -0.719. The lowest BCUT2D eigenvalue weighted by Gasteiger charge is -2.19. The number of amides is 2. The third kappa shape index (κ3) is 5.88. The Morgan fingerprint density at radius 3 is 1.34 bits per heavy atom. The summed E-state index contributed by atoms with van der Waals surface area (Å²) in [5, 5.41) is 5.67. The summed E-state index contributed by atoms with van der Waals surface area (Å²) >= 11 is 0. The van der Waals surface area contributed by atoms with Crippen molar-refractivity contribution < 1.29 is 19.1 Å². The van der Waals surface area contributed by atoms with Gasteiger partial charge in [0.05, 0.1) is 11.4 Å². The predicted octanol–water partition coefficient (Wildman–Crippen LogP) is 5.12. The molecule has 0 radical (unpaired) electrons. The molecule has 0 aliphatic rings. The van der Waals surface area contributed by atoms with E-state index < -0.39 is 12.2 Å². The van der Waals surface area contributed by atoms with Crippen molar-refractivity contribution in [3.8, 4) is 11.5 Å². The van der Waals surface area contributed by atoms with Gasteiger partial charge in [0, 0.05) is 0 Å². The zero-order valence-corrected chi connectivity index (χ0v) is 18.7. The van der Waals surface area contributed by atoms with Gasteiger partial charge in [0.1, 0.15) is 11.5 Å². The van der Waals surface area contributed by atoms with Crippen LogP contribution in [0.25, 0.3) is 0 Å². The van der Waals surface area contributed by atoms with Gasteiger partial charge in [0.2, 0.25) is 0 Å². The van der Waals surface area contributed by atoms with Crippen LogP contribution in [-0.4, -0.2) is 24.0 Å². The second-order valence-corrected chi connectivity index (χ2v) is 7.58. The molecule has 3 aromatic rings. The summed E-state index contributed by atoms with van der Waals surface area (Å²) in [6.45, 7) is 7.21. The Labute approximate surface area is 188 Å². The SMILES string of the molecule is Cc1ccccc1OC(C)C(=O)Nc1ccccc1NC(=O)C(C)Oc1ccccc1C. The number of hydrogen-bond acceptors (Lipinski definition) is 4. The average Bonchev–Trinajstić information content (AvgIpc) is 2.78. The fourth-order valence-corrected chi connectivity index (χ4v) is 3.04. The molecule has 0 fully saturated rings. The van der Waals surface area contributed by atoms with Crippen molar-refractivity contribution in [3.05, 3.63) is 83.9 Å².